The Morgan fingerprint density at radius 3 is 2.83 bits per heavy atom. The molecule has 1 fully saturated rings. The summed E-state index contributed by atoms with van der Waals surface area (Å²) in [5.41, 5.74) is 0. The minimum Gasteiger partial charge on any atom is -0.383 e. The van der Waals surface area contributed by atoms with Gasteiger partial charge < -0.3 is 15.0 Å². The first-order valence-electron chi connectivity index (χ1n) is 7.32. The van der Waals surface area contributed by atoms with Crippen LogP contribution in [-0.4, -0.2) is 75.4 Å². The van der Waals surface area contributed by atoms with E-state index in [1.165, 1.54) is 32.5 Å². The Labute approximate surface area is 113 Å². The number of nitrogens with one attached hydrogen (secondary N) is 1. The van der Waals surface area contributed by atoms with Gasteiger partial charge in [-0.3, -0.25) is 4.90 Å². The monoisotopic (exact) mass is 257 g/mol. The molecule has 2 atom stereocenters. The van der Waals surface area contributed by atoms with Gasteiger partial charge in [0.2, 0.25) is 0 Å². The fourth-order valence-corrected chi connectivity index (χ4v) is 2.70. The second-order valence-corrected chi connectivity index (χ2v) is 5.57. The summed E-state index contributed by atoms with van der Waals surface area (Å²) in [4.78, 5) is 5.05. The summed E-state index contributed by atoms with van der Waals surface area (Å²) in [6.07, 6.45) is 2.45. The molecule has 0 aromatic carbocycles. The van der Waals surface area contributed by atoms with Gasteiger partial charge in [0.1, 0.15) is 0 Å². The topological polar surface area (TPSA) is 27.7 Å². The fourth-order valence-electron chi connectivity index (χ4n) is 2.70. The molecule has 1 saturated heterocycles. The SMILES string of the molecule is CCCNC(COC)CN1CCCN(C)CC1C. The van der Waals surface area contributed by atoms with Crippen LogP contribution in [0.25, 0.3) is 0 Å². The van der Waals surface area contributed by atoms with E-state index in [9.17, 15) is 0 Å². The Morgan fingerprint density at radius 2 is 2.17 bits per heavy atom. The lowest BCUT2D eigenvalue weighted by molar-refractivity contribution is 0.122. The maximum Gasteiger partial charge on any atom is 0.0628 e. The first kappa shape index (κ1) is 15.9. The van der Waals surface area contributed by atoms with Crippen molar-refractivity contribution in [2.24, 2.45) is 0 Å². The molecule has 18 heavy (non-hydrogen) atoms. The van der Waals surface area contributed by atoms with Gasteiger partial charge in [-0.05, 0) is 46.4 Å². The van der Waals surface area contributed by atoms with Crippen LogP contribution in [0.4, 0.5) is 0 Å². The minimum atomic E-state index is 0.459. The van der Waals surface area contributed by atoms with Gasteiger partial charge in [0, 0.05) is 32.3 Å². The van der Waals surface area contributed by atoms with Crippen LogP contribution >= 0.6 is 0 Å². The highest BCUT2D eigenvalue weighted by molar-refractivity contribution is 4.80. The van der Waals surface area contributed by atoms with Crippen molar-refractivity contribution in [3.05, 3.63) is 0 Å². The number of methoxy groups -OCH3 is 1. The van der Waals surface area contributed by atoms with Crippen molar-refractivity contribution in [1.82, 2.24) is 15.1 Å². The van der Waals surface area contributed by atoms with E-state index < -0.39 is 0 Å². The van der Waals surface area contributed by atoms with E-state index in [2.05, 4.69) is 36.0 Å². The highest BCUT2D eigenvalue weighted by Crippen LogP contribution is 2.09. The largest absolute Gasteiger partial charge is 0.383 e. The van der Waals surface area contributed by atoms with Crippen molar-refractivity contribution < 1.29 is 4.74 Å². The Hall–Kier alpha value is -0.160. The quantitative estimate of drug-likeness (QED) is 0.737. The number of ether oxygens (including phenoxy) is 1. The summed E-state index contributed by atoms with van der Waals surface area (Å²) in [6.45, 7) is 11.1. The number of likely N-dealkylation sites (N-methyl/N-ethyl adjacent to an activating group) is 1. The molecule has 1 aliphatic rings. The average Bonchev–Trinajstić information content (AvgIpc) is 2.48. The Balaban J connectivity index is 2.44. The van der Waals surface area contributed by atoms with Gasteiger partial charge in [0.15, 0.2) is 0 Å². The molecule has 108 valence electrons. The normalized spacial score (nSPS) is 25.0. The molecule has 0 bridgehead atoms. The molecule has 1 heterocycles. The summed E-state index contributed by atoms with van der Waals surface area (Å²) in [6, 6.07) is 1.10. The number of hydrogen-bond acceptors (Lipinski definition) is 4. The summed E-state index contributed by atoms with van der Waals surface area (Å²) in [5, 5.41) is 3.59. The molecule has 1 aliphatic heterocycles. The number of rotatable bonds is 7. The van der Waals surface area contributed by atoms with Crippen LogP contribution < -0.4 is 5.32 Å². The fraction of sp³-hybridized carbons (Fsp3) is 1.00. The van der Waals surface area contributed by atoms with Crippen LogP contribution in [-0.2, 0) is 4.74 Å². The molecular formula is C14H31N3O. The zero-order chi connectivity index (χ0) is 13.4. The molecule has 0 amide bonds. The van der Waals surface area contributed by atoms with Gasteiger partial charge in [-0.25, -0.2) is 0 Å². The van der Waals surface area contributed by atoms with Gasteiger partial charge in [-0.1, -0.05) is 6.92 Å². The Morgan fingerprint density at radius 1 is 1.39 bits per heavy atom. The van der Waals surface area contributed by atoms with Crippen molar-refractivity contribution in [2.45, 2.75) is 38.8 Å². The third-order valence-corrected chi connectivity index (χ3v) is 3.69. The Bertz CT molecular complexity index is 213. The third kappa shape index (κ3) is 5.65. The van der Waals surface area contributed by atoms with Crippen LogP contribution in [0.2, 0.25) is 0 Å². The number of hydrogen-bond donors (Lipinski definition) is 1. The van der Waals surface area contributed by atoms with Crippen molar-refractivity contribution in [2.75, 3.05) is 53.5 Å². The molecule has 1 rings (SSSR count). The molecule has 0 aliphatic carbocycles. The zero-order valence-electron chi connectivity index (χ0n) is 12.6. The lowest BCUT2D eigenvalue weighted by Crippen LogP contribution is -2.48. The van der Waals surface area contributed by atoms with E-state index in [4.69, 9.17) is 4.74 Å². The highest BCUT2D eigenvalue weighted by Gasteiger charge is 2.22. The van der Waals surface area contributed by atoms with E-state index in [0.717, 1.165) is 19.7 Å². The van der Waals surface area contributed by atoms with Gasteiger partial charge >= 0.3 is 0 Å². The second kappa shape index (κ2) is 8.86. The second-order valence-electron chi connectivity index (χ2n) is 5.57. The van der Waals surface area contributed by atoms with E-state index in [0.29, 0.717) is 12.1 Å². The molecule has 0 aromatic rings. The van der Waals surface area contributed by atoms with E-state index >= 15 is 0 Å². The van der Waals surface area contributed by atoms with Crippen LogP contribution in [0.1, 0.15) is 26.7 Å². The summed E-state index contributed by atoms with van der Waals surface area (Å²) in [7, 11) is 4.02. The van der Waals surface area contributed by atoms with Crippen molar-refractivity contribution in [3.63, 3.8) is 0 Å². The molecular weight excluding hydrogens is 226 g/mol. The Kier molecular flexibility index (Phi) is 7.82. The molecule has 2 unspecified atom stereocenters. The minimum absolute atomic E-state index is 0.459. The first-order chi connectivity index (χ1) is 8.67. The predicted molar refractivity (Wildman–Crippen MR) is 77.1 cm³/mol. The number of nitrogens with zero attached hydrogens (tertiary/aromatic N) is 2. The summed E-state index contributed by atoms with van der Waals surface area (Å²) in [5.74, 6) is 0. The third-order valence-electron chi connectivity index (χ3n) is 3.69. The molecule has 0 saturated carbocycles. The van der Waals surface area contributed by atoms with Crippen LogP contribution in [0.5, 0.6) is 0 Å². The lowest BCUT2D eigenvalue weighted by Gasteiger charge is -2.31. The van der Waals surface area contributed by atoms with E-state index in [-0.39, 0.29) is 0 Å². The molecule has 0 radical (unpaired) electrons. The summed E-state index contributed by atoms with van der Waals surface area (Å²) >= 11 is 0. The maximum absolute atomic E-state index is 5.33. The summed E-state index contributed by atoms with van der Waals surface area (Å²) < 4.78 is 5.33. The van der Waals surface area contributed by atoms with Crippen LogP contribution in [0, 0.1) is 0 Å². The van der Waals surface area contributed by atoms with Crippen LogP contribution in [0.3, 0.4) is 0 Å². The average molecular weight is 257 g/mol. The van der Waals surface area contributed by atoms with E-state index in [1.807, 2.05) is 0 Å². The predicted octanol–water partition coefficient (Wildman–Crippen LogP) is 1.03. The maximum atomic E-state index is 5.33. The van der Waals surface area contributed by atoms with Crippen molar-refractivity contribution in [1.29, 1.82) is 0 Å². The molecule has 4 heteroatoms. The van der Waals surface area contributed by atoms with Gasteiger partial charge in [0.05, 0.1) is 6.61 Å². The van der Waals surface area contributed by atoms with E-state index in [1.54, 1.807) is 7.11 Å². The smallest absolute Gasteiger partial charge is 0.0628 e. The van der Waals surface area contributed by atoms with Crippen LogP contribution in [0.15, 0.2) is 0 Å². The van der Waals surface area contributed by atoms with Gasteiger partial charge in [0.25, 0.3) is 0 Å². The van der Waals surface area contributed by atoms with Crippen molar-refractivity contribution in [3.8, 4) is 0 Å². The first-order valence-corrected chi connectivity index (χ1v) is 7.32. The highest BCUT2D eigenvalue weighted by atomic mass is 16.5. The standard InChI is InChI=1S/C14H31N3O/c1-5-7-15-14(12-18-4)11-17-9-6-8-16(3)10-13(17)2/h13-15H,5-12H2,1-4H3. The van der Waals surface area contributed by atoms with Crippen molar-refractivity contribution >= 4 is 0 Å². The molecule has 0 aromatic heterocycles. The van der Waals surface area contributed by atoms with Gasteiger partial charge in [-0.15, -0.1) is 0 Å². The zero-order valence-corrected chi connectivity index (χ0v) is 12.6. The van der Waals surface area contributed by atoms with Gasteiger partial charge in [-0.2, -0.15) is 0 Å². The molecule has 4 nitrogen and oxygen atoms in total. The molecule has 0 spiro atoms. The molecule has 1 N–H and O–H groups in total. The lowest BCUT2D eigenvalue weighted by atomic mass is 10.2.